The van der Waals surface area contributed by atoms with Gasteiger partial charge in [0, 0.05) is 18.0 Å². The third-order valence-corrected chi connectivity index (χ3v) is 5.91. The molecule has 0 aromatic heterocycles. The van der Waals surface area contributed by atoms with Crippen molar-refractivity contribution < 1.29 is 13.5 Å². The largest absolute Gasteiger partial charge is 0.493 e. The second-order valence-corrected chi connectivity index (χ2v) is 7.75. The highest BCUT2D eigenvalue weighted by atomic mass is 19.1. The summed E-state index contributed by atoms with van der Waals surface area (Å²) in [7, 11) is 1.38. The van der Waals surface area contributed by atoms with Crippen LogP contribution in [0, 0.1) is 11.7 Å². The summed E-state index contributed by atoms with van der Waals surface area (Å²) < 4.78 is 36.3. The molecule has 0 aliphatic carbocycles. The molecule has 1 aliphatic heterocycles. The van der Waals surface area contributed by atoms with E-state index in [9.17, 15) is 4.39 Å². The van der Waals surface area contributed by atoms with Crippen LogP contribution in [0.25, 0.3) is 11.1 Å². The number of hydrogen-bond donors (Lipinski definition) is 1. The Labute approximate surface area is 176 Å². The highest BCUT2D eigenvalue weighted by Crippen LogP contribution is 2.47. The second-order valence-electron chi connectivity index (χ2n) is 7.75. The molecule has 3 unspecified atom stereocenters. The van der Waals surface area contributed by atoms with Crippen LogP contribution < -0.4 is 10.6 Å². The Balaban J connectivity index is 1.77. The minimum atomic E-state index is -1.42. The highest BCUT2D eigenvalue weighted by molar-refractivity contribution is 5.66. The summed E-state index contributed by atoms with van der Waals surface area (Å²) in [6, 6.07) is 21.9. The maximum absolute atomic E-state index is 16.1. The van der Waals surface area contributed by atoms with E-state index >= 15 is 4.39 Å². The molecule has 4 rings (SSSR count). The number of nitrogens with two attached hydrogens (primary N) is 1. The van der Waals surface area contributed by atoms with Crippen LogP contribution in [0.1, 0.15) is 36.2 Å². The number of halogens is 2. The molecule has 30 heavy (non-hydrogen) atoms. The minimum Gasteiger partial charge on any atom is -0.493 e. The van der Waals surface area contributed by atoms with Crippen LogP contribution >= 0.6 is 0 Å². The van der Waals surface area contributed by atoms with E-state index in [-0.39, 0.29) is 17.4 Å². The molecule has 3 nitrogen and oxygen atoms in total. The molecule has 0 radical (unpaired) electrons. The smallest absolute Gasteiger partial charge is 0.166 e. The van der Waals surface area contributed by atoms with Gasteiger partial charge >= 0.3 is 0 Å². The van der Waals surface area contributed by atoms with Crippen molar-refractivity contribution in [1.82, 2.24) is 5.01 Å². The molecule has 0 spiro atoms. The highest BCUT2D eigenvalue weighted by Gasteiger charge is 2.39. The quantitative estimate of drug-likeness (QED) is 0.539. The maximum Gasteiger partial charge on any atom is 0.166 e. The van der Waals surface area contributed by atoms with Crippen molar-refractivity contribution in [2.24, 2.45) is 11.8 Å². The molecular formula is C25H26F2N2O. The van der Waals surface area contributed by atoms with Gasteiger partial charge in [0.25, 0.3) is 0 Å². The number of hydrogen-bond acceptors (Lipinski definition) is 3. The van der Waals surface area contributed by atoms with Gasteiger partial charge in [0.1, 0.15) is 6.17 Å². The van der Waals surface area contributed by atoms with E-state index in [0.717, 1.165) is 17.5 Å². The first-order chi connectivity index (χ1) is 14.6. The van der Waals surface area contributed by atoms with Gasteiger partial charge in [-0.2, -0.15) is 0 Å². The molecular weight excluding hydrogens is 382 g/mol. The normalized spacial score (nSPS) is 20.7. The van der Waals surface area contributed by atoms with Crippen molar-refractivity contribution in [3.8, 4) is 16.9 Å². The standard InChI is InChI=1S/C25H26F2N2O/c1-30-25-21(15-19(16-22(25)26)17-9-4-2-5-10-17)23(27)20-13-8-14-29(28)24(20)18-11-6-3-7-12-18/h2-7,9-12,15-16,20,23-24H,8,13-14,28H2,1H3. The van der Waals surface area contributed by atoms with Gasteiger partial charge in [-0.3, -0.25) is 5.84 Å². The van der Waals surface area contributed by atoms with Crippen molar-refractivity contribution in [1.29, 1.82) is 0 Å². The first-order valence-corrected chi connectivity index (χ1v) is 10.2. The molecule has 0 saturated carbocycles. The first kappa shape index (κ1) is 20.5. The maximum atomic E-state index is 16.1. The topological polar surface area (TPSA) is 38.5 Å². The fourth-order valence-corrected chi connectivity index (χ4v) is 4.51. The average molecular weight is 408 g/mol. The van der Waals surface area contributed by atoms with E-state index in [1.807, 2.05) is 60.7 Å². The lowest BCUT2D eigenvalue weighted by Crippen LogP contribution is -2.44. The fraction of sp³-hybridized carbons (Fsp3) is 0.280. The van der Waals surface area contributed by atoms with Crippen molar-refractivity contribution in [2.75, 3.05) is 13.7 Å². The molecule has 1 aliphatic rings. The van der Waals surface area contributed by atoms with Crippen molar-refractivity contribution in [3.05, 3.63) is 89.7 Å². The van der Waals surface area contributed by atoms with E-state index in [2.05, 4.69) is 0 Å². The monoisotopic (exact) mass is 408 g/mol. The molecule has 1 saturated heterocycles. The van der Waals surface area contributed by atoms with Crippen LogP contribution in [-0.2, 0) is 0 Å². The summed E-state index contributed by atoms with van der Waals surface area (Å²) >= 11 is 0. The molecule has 2 N–H and O–H groups in total. The first-order valence-electron chi connectivity index (χ1n) is 10.2. The second kappa shape index (κ2) is 8.94. The Kier molecular flexibility index (Phi) is 6.11. The van der Waals surface area contributed by atoms with Crippen LogP contribution in [0.3, 0.4) is 0 Å². The summed E-state index contributed by atoms with van der Waals surface area (Å²) in [6.45, 7) is 0.693. The van der Waals surface area contributed by atoms with E-state index in [4.69, 9.17) is 10.6 Å². The molecule has 0 amide bonds. The van der Waals surface area contributed by atoms with Crippen molar-refractivity contribution in [3.63, 3.8) is 0 Å². The predicted octanol–water partition coefficient (Wildman–Crippen LogP) is 5.84. The Bertz CT molecular complexity index is 981. The third kappa shape index (κ3) is 3.95. The molecule has 0 bridgehead atoms. The Morgan fingerprint density at radius 3 is 2.33 bits per heavy atom. The predicted molar refractivity (Wildman–Crippen MR) is 115 cm³/mol. The average Bonchev–Trinajstić information content (AvgIpc) is 2.79. The van der Waals surface area contributed by atoms with Crippen molar-refractivity contribution >= 4 is 0 Å². The summed E-state index contributed by atoms with van der Waals surface area (Å²) in [6.07, 6.45) is 0.0257. The van der Waals surface area contributed by atoms with Gasteiger partial charge in [0.2, 0.25) is 0 Å². The lowest BCUT2D eigenvalue weighted by Gasteiger charge is -2.40. The zero-order valence-corrected chi connectivity index (χ0v) is 17.0. The van der Waals surface area contributed by atoms with Crippen LogP contribution in [0.5, 0.6) is 5.75 Å². The third-order valence-electron chi connectivity index (χ3n) is 5.91. The van der Waals surface area contributed by atoms with Crippen LogP contribution in [0.2, 0.25) is 0 Å². The summed E-state index contributed by atoms with van der Waals surface area (Å²) in [5, 5.41) is 1.71. The van der Waals surface area contributed by atoms with E-state index in [1.54, 1.807) is 11.1 Å². The Hall–Kier alpha value is -2.76. The molecule has 1 heterocycles. The lowest BCUT2D eigenvalue weighted by atomic mass is 9.79. The molecule has 5 heteroatoms. The lowest BCUT2D eigenvalue weighted by molar-refractivity contribution is 0.0405. The van der Waals surface area contributed by atoms with Gasteiger partial charge in [-0.1, -0.05) is 60.7 Å². The number of methoxy groups -OCH3 is 1. The Morgan fingerprint density at radius 2 is 1.67 bits per heavy atom. The molecule has 3 aromatic carbocycles. The minimum absolute atomic E-state index is 0.0388. The molecule has 156 valence electrons. The summed E-state index contributed by atoms with van der Waals surface area (Å²) in [5.74, 6) is 5.29. The number of piperidine rings is 1. The Morgan fingerprint density at radius 1 is 1.00 bits per heavy atom. The number of alkyl halides is 1. The SMILES string of the molecule is COc1c(F)cc(-c2ccccc2)cc1C(F)C1CCCN(N)C1c1ccccc1. The van der Waals surface area contributed by atoms with Gasteiger partial charge in [-0.25, -0.2) is 13.8 Å². The van der Waals surface area contributed by atoms with Crippen molar-refractivity contribution in [2.45, 2.75) is 25.1 Å². The number of nitrogens with zero attached hydrogens (tertiary/aromatic N) is 1. The summed E-state index contributed by atoms with van der Waals surface area (Å²) in [5.41, 5.74) is 2.66. The molecule has 3 aromatic rings. The van der Waals surface area contributed by atoms with Gasteiger partial charge in [-0.15, -0.1) is 0 Å². The van der Waals surface area contributed by atoms with E-state index in [0.29, 0.717) is 18.5 Å². The number of benzene rings is 3. The molecule has 3 atom stereocenters. The van der Waals surface area contributed by atoms with E-state index < -0.39 is 17.9 Å². The number of ether oxygens (including phenoxy) is 1. The summed E-state index contributed by atoms with van der Waals surface area (Å²) in [4.78, 5) is 0. The van der Waals surface area contributed by atoms with E-state index in [1.165, 1.54) is 13.2 Å². The van der Waals surface area contributed by atoms with Gasteiger partial charge < -0.3 is 4.74 Å². The van der Waals surface area contributed by atoms with Crippen LogP contribution in [0.4, 0.5) is 8.78 Å². The molecule has 1 fully saturated rings. The van der Waals surface area contributed by atoms with Gasteiger partial charge in [-0.05, 0) is 41.7 Å². The van der Waals surface area contributed by atoms with Crippen LogP contribution in [0.15, 0.2) is 72.8 Å². The zero-order valence-electron chi connectivity index (χ0n) is 17.0. The van der Waals surface area contributed by atoms with Crippen LogP contribution in [-0.4, -0.2) is 18.7 Å². The fourth-order valence-electron chi connectivity index (χ4n) is 4.51. The van der Waals surface area contributed by atoms with Gasteiger partial charge in [0.05, 0.1) is 13.2 Å². The number of hydrazine groups is 1. The zero-order chi connectivity index (χ0) is 21.1. The number of rotatable bonds is 5. The van der Waals surface area contributed by atoms with Gasteiger partial charge in [0.15, 0.2) is 11.6 Å².